The Kier molecular flexibility index (Phi) is 4.75. The zero-order chi connectivity index (χ0) is 18.8. The molecule has 0 aliphatic rings. The lowest BCUT2D eigenvalue weighted by Gasteiger charge is -2.20. The van der Waals surface area contributed by atoms with E-state index in [1.807, 2.05) is 0 Å². The number of nitrogens with zero attached hydrogens (tertiary/aromatic N) is 1. The second-order valence-electron chi connectivity index (χ2n) is 6.10. The predicted molar refractivity (Wildman–Crippen MR) is 94.2 cm³/mol. The summed E-state index contributed by atoms with van der Waals surface area (Å²) in [5.74, 6) is -1.88. The van der Waals surface area contributed by atoms with Crippen molar-refractivity contribution in [3.8, 4) is 0 Å². The van der Waals surface area contributed by atoms with Crippen LogP contribution in [-0.2, 0) is 9.53 Å². The number of rotatable bonds is 4. The molecule has 0 radical (unpaired) electrons. The van der Waals surface area contributed by atoms with Crippen molar-refractivity contribution in [1.29, 1.82) is 0 Å². The maximum absolute atomic E-state index is 13.9. The fraction of sp³-hybridized carbons (Fsp3) is 0.200. The number of halogens is 1. The summed E-state index contributed by atoms with van der Waals surface area (Å²) in [4.78, 5) is 26.5. The molecule has 1 heterocycles. The lowest BCUT2D eigenvalue weighted by molar-refractivity contribution is -0.138. The van der Waals surface area contributed by atoms with Gasteiger partial charge in [0.25, 0.3) is 5.91 Å². The maximum Gasteiger partial charge on any atom is 0.375 e. The Bertz CT molecular complexity index is 963. The van der Waals surface area contributed by atoms with Crippen molar-refractivity contribution in [2.45, 2.75) is 13.0 Å². The lowest BCUT2D eigenvalue weighted by atomic mass is 10.1. The van der Waals surface area contributed by atoms with E-state index in [1.165, 1.54) is 17.0 Å². The van der Waals surface area contributed by atoms with Gasteiger partial charge < -0.3 is 14.1 Å². The summed E-state index contributed by atoms with van der Waals surface area (Å²) in [5.41, 5.74) is 1.00. The fourth-order valence-electron chi connectivity index (χ4n) is 2.69. The third kappa shape index (κ3) is 3.18. The van der Waals surface area contributed by atoms with Crippen molar-refractivity contribution in [2.24, 2.45) is 0 Å². The molecule has 3 aromatic rings. The van der Waals surface area contributed by atoms with Gasteiger partial charge in [-0.05, 0) is 13.0 Å². The van der Waals surface area contributed by atoms with Gasteiger partial charge in [0.05, 0.1) is 0 Å². The summed E-state index contributed by atoms with van der Waals surface area (Å²) in [6.45, 7) is 1.65. The highest BCUT2D eigenvalue weighted by Crippen LogP contribution is 2.29. The Hall–Kier alpha value is -3.15. The molecule has 0 N–H and O–H groups in total. The summed E-state index contributed by atoms with van der Waals surface area (Å²) < 4.78 is 24.7. The zero-order valence-electron chi connectivity index (χ0n) is 14.7. The van der Waals surface area contributed by atoms with Crippen molar-refractivity contribution < 1.29 is 23.1 Å². The first-order valence-corrected chi connectivity index (χ1v) is 8.05. The molecule has 1 atom stereocenters. The molecule has 5 nitrogen and oxygen atoms in total. The largest absolute Gasteiger partial charge is 0.446 e. The maximum atomic E-state index is 13.9. The van der Waals surface area contributed by atoms with E-state index in [4.69, 9.17) is 9.15 Å². The number of esters is 1. The minimum atomic E-state index is -1.11. The molecule has 3 rings (SSSR count). The molecule has 0 saturated carbocycles. The Morgan fingerprint density at radius 2 is 1.77 bits per heavy atom. The number of carbonyl (C=O) groups excluding carboxylic acids is 2. The molecule has 134 valence electrons. The van der Waals surface area contributed by atoms with Gasteiger partial charge in [0.2, 0.25) is 11.9 Å². The van der Waals surface area contributed by atoms with Crippen LogP contribution in [0.25, 0.3) is 11.0 Å². The Labute approximate surface area is 150 Å². The van der Waals surface area contributed by atoms with Crippen LogP contribution >= 0.6 is 0 Å². The number of para-hydroxylation sites is 1. The topological polar surface area (TPSA) is 59.8 Å². The summed E-state index contributed by atoms with van der Waals surface area (Å²) in [5, 5.41) is 0.493. The summed E-state index contributed by atoms with van der Waals surface area (Å²) in [6, 6.07) is 13.2. The molecule has 1 amide bonds. The molecule has 0 bridgehead atoms. The average molecular weight is 355 g/mol. The minimum absolute atomic E-state index is 0.00727. The summed E-state index contributed by atoms with van der Waals surface area (Å²) in [7, 11) is 3.15. The standard InChI is InChI=1S/C20H18FNO4/c1-12-14-10-7-11-15(21)18(14)25-16(12)20(24)26-17(19(23)22(2)3)13-8-5-4-6-9-13/h4-11,17H,1-3H3/t17-/m0/s1. The highest BCUT2D eigenvalue weighted by Gasteiger charge is 2.29. The van der Waals surface area contributed by atoms with E-state index in [1.54, 1.807) is 57.4 Å². The van der Waals surface area contributed by atoms with Crippen LogP contribution in [0.5, 0.6) is 0 Å². The van der Waals surface area contributed by atoms with Gasteiger partial charge in [0.15, 0.2) is 11.4 Å². The van der Waals surface area contributed by atoms with Crippen molar-refractivity contribution in [1.82, 2.24) is 4.90 Å². The number of hydrogen-bond acceptors (Lipinski definition) is 4. The SMILES string of the molecule is Cc1c(C(=O)O[C@H](C(=O)N(C)C)c2ccccc2)oc2c(F)cccc12. The molecule has 0 unspecified atom stereocenters. The van der Waals surface area contributed by atoms with E-state index < -0.39 is 17.9 Å². The van der Waals surface area contributed by atoms with Crippen LogP contribution in [0.3, 0.4) is 0 Å². The second kappa shape index (κ2) is 7.00. The molecular weight excluding hydrogens is 337 g/mol. The van der Waals surface area contributed by atoms with Crippen LogP contribution in [0.2, 0.25) is 0 Å². The Morgan fingerprint density at radius 1 is 1.08 bits per heavy atom. The summed E-state index contributed by atoms with van der Waals surface area (Å²) >= 11 is 0. The number of ether oxygens (including phenoxy) is 1. The van der Waals surface area contributed by atoms with Gasteiger partial charge in [0, 0.05) is 30.6 Å². The van der Waals surface area contributed by atoms with Crippen molar-refractivity contribution in [2.75, 3.05) is 14.1 Å². The summed E-state index contributed by atoms with van der Waals surface area (Å²) in [6.07, 6.45) is -1.11. The van der Waals surface area contributed by atoms with Crippen LogP contribution in [0, 0.1) is 12.7 Å². The number of hydrogen-bond donors (Lipinski definition) is 0. The first kappa shape index (κ1) is 17.7. The van der Waals surface area contributed by atoms with E-state index in [9.17, 15) is 14.0 Å². The molecule has 6 heteroatoms. The van der Waals surface area contributed by atoms with Gasteiger partial charge >= 0.3 is 5.97 Å². The van der Waals surface area contributed by atoms with Gasteiger partial charge in [0.1, 0.15) is 0 Å². The monoisotopic (exact) mass is 355 g/mol. The quantitative estimate of drug-likeness (QED) is 0.667. The number of likely N-dealkylation sites (N-methyl/N-ethyl adjacent to an activating group) is 1. The Balaban J connectivity index is 1.97. The van der Waals surface area contributed by atoms with Gasteiger partial charge in [-0.25, -0.2) is 9.18 Å². The van der Waals surface area contributed by atoms with E-state index >= 15 is 0 Å². The molecular formula is C20H18FNO4. The number of benzene rings is 2. The second-order valence-corrected chi connectivity index (χ2v) is 6.10. The van der Waals surface area contributed by atoms with Gasteiger partial charge in [-0.3, -0.25) is 4.79 Å². The van der Waals surface area contributed by atoms with E-state index in [2.05, 4.69) is 0 Å². The van der Waals surface area contributed by atoms with Crippen molar-refractivity contribution in [3.63, 3.8) is 0 Å². The normalized spacial score (nSPS) is 12.0. The van der Waals surface area contributed by atoms with Crippen molar-refractivity contribution >= 4 is 22.8 Å². The molecule has 0 spiro atoms. The number of furan rings is 1. The fourth-order valence-corrected chi connectivity index (χ4v) is 2.69. The molecule has 0 aliphatic carbocycles. The highest BCUT2D eigenvalue weighted by molar-refractivity contribution is 5.97. The number of aryl methyl sites for hydroxylation is 1. The molecule has 26 heavy (non-hydrogen) atoms. The Morgan fingerprint density at radius 3 is 2.38 bits per heavy atom. The lowest BCUT2D eigenvalue weighted by Crippen LogP contribution is -2.31. The van der Waals surface area contributed by atoms with Gasteiger partial charge in [-0.1, -0.05) is 42.5 Å². The first-order valence-electron chi connectivity index (χ1n) is 8.05. The van der Waals surface area contributed by atoms with Crippen LogP contribution in [0.1, 0.15) is 27.8 Å². The molecule has 1 aromatic heterocycles. The first-order chi connectivity index (χ1) is 12.4. The van der Waals surface area contributed by atoms with E-state index in [0.29, 0.717) is 16.5 Å². The van der Waals surface area contributed by atoms with E-state index in [-0.39, 0.29) is 17.3 Å². The van der Waals surface area contributed by atoms with Crippen LogP contribution in [0.15, 0.2) is 52.9 Å². The van der Waals surface area contributed by atoms with E-state index in [0.717, 1.165) is 0 Å². The van der Waals surface area contributed by atoms with Gasteiger partial charge in [-0.2, -0.15) is 0 Å². The molecule has 0 saturated heterocycles. The number of carbonyl (C=O) groups is 2. The van der Waals surface area contributed by atoms with Gasteiger partial charge in [-0.15, -0.1) is 0 Å². The third-order valence-electron chi connectivity index (χ3n) is 4.09. The van der Waals surface area contributed by atoms with Crippen LogP contribution in [-0.4, -0.2) is 30.9 Å². The number of fused-ring (bicyclic) bond motifs is 1. The van der Waals surface area contributed by atoms with Crippen LogP contribution < -0.4 is 0 Å². The average Bonchev–Trinajstić information content (AvgIpc) is 2.98. The molecule has 2 aromatic carbocycles. The molecule has 0 aliphatic heterocycles. The smallest absolute Gasteiger partial charge is 0.375 e. The highest BCUT2D eigenvalue weighted by atomic mass is 19.1. The molecule has 0 fully saturated rings. The van der Waals surface area contributed by atoms with Crippen molar-refractivity contribution in [3.05, 3.63) is 71.2 Å². The van der Waals surface area contributed by atoms with Crippen LogP contribution in [0.4, 0.5) is 4.39 Å². The zero-order valence-corrected chi connectivity index (χ0v) is 14.7. The third-order valence-corrected chi connectivity index (χ3v) is 4.09. The number of amides is 1. The minimum Gasteiger partial charge on any atom is -0.446 e. The predicted octanol–water partition coefficient (Wildman–Crippen LogP) is 3.87.